The second kappa shape index (κ2) is 5.44. The summed E-state index contributed by atoms with van der Waals surface area (Å²) in [5.41, 5.74) is 3.03. The van der Waals surface area contributed by atoms with Crippen molar-refractivity contribution in [3.8, 4) is 5.75 Å². The second-order valence-electron chi connectivity index (χ2n) is 5.10. The van der Waals surface area contributed by atoms with Gasteiger partial charge in [-0.3, -0.25) is 0 Å². The smallest absolute Gasteiger partial charge is 0.120 e. The molecule has 20 heavy (non-hydrogen) atoms. The van der Waals surface area contributed by atoms with Crippen molar-refractivity contribution in [1.29, 1.82) is 0 Å². The van der Waals surface area contributed by atoms with Crippen LogP contribution in [0.4, 0.5) is 0 Å². The van der Waals surface area contributed by atoms with E-state index in [0.29, 0.717) is 18.0 Å². The number of benzene rings is 2. The summed E-state index contributed by atoms with van der Waals surface area (Å²) in [6.07, 6.45) is 0.226. The molecule has 4 heteroatoms. The fourth-order valence-electron chi connectivity index (χ4n) is 2.74. The van der Waals surface area contributed by atoms with Crippen LogP contribution in [0.15, 0.2) is 42.5 Å². The van der Waals surface area contributed by atoms with Crippen LogP contribution in [0.5, 0.6) is 5.75 Å². The molecule has 0 aliphatic heterocycles. The molecule has 3 rings (SSSR count). The fourth-order valence-corrected chi connectivity index (χ4v) is 2.93. The van der Waals surface area contributed by atoms with Crippen LogP contribution in [0.2, 0.25) is 5.02 Å². The Morgan fingerprint density at radius 3 is 2.85 bits per heavy atom. The third kappa shape index (κ3) is 2.52. The Labute approximate surface area is 122 Å². The molecule has 0 bridgehead atoms. The normalized spacial score (nSPS) is 20.9. The van der Waals surface area contributed by atoms with Gasteiger partial charge in [-0.2, -0.15) is 0 Å². The van der Waals surface area contributed by atoms with Gasteiger partial charge < -0.3 is 15.5 Å². The zero-order chi connectivity index (χ0) is 14.1. The lowest BCUT2D eigenvalue weighted by molar-refractivity contribution is 0.140. The average Bonchev–Trinajstić information content (AvgIpc) is 2.75. The van der Waals surface area contributed by atoms with Gasteiger partial charge in [-0.1, -0.05) is 35.9 Å². The number of fused-ring (bicyclic) bond motifs is 1. The summed E-state index contributed by atoms with van der Waals surface area (Å²) in [5.74, 6) is 0.211. The Morgan fingerprint density at radius 1 is 1.20 bits per heavy atom. The molecular weight excluding hydrogens is 274 g/mol. The summed E-state index contributed by atoms with van der Waals surface area (Å²) >= 11 is 5.93. The summed E-state index contributed by atoms with van der Waals surface area (Å²) in [6, 6.07) is 12.9. The van der Waals surface area contributed by atoms with Gasteiger partial charge in [0.25, 0.3) is 0 Å². The molecule has 3 N–H and O–H groups in total. The quantitative estimate of drug-likeness (QED) is 0.814. The zero-order valence-electron chi connectivity index (χ0n) is 10.9. The number of hydrogen-bond acceptors (Lipinski definition) is 3. The SMILES string of the molecule is Oc1ccc(Cl)cc1CNC1c2ccccc2CC1O. The highest BCUT2D eigenvalue weighted by Crippen LogP contribution is 2.32. The van der Waals surface area contributed by atoms with Crippen molar-refractivity contribution in [3.63, 3.8) is 0 Å². The van der Waals surface area contributed by atoms with Gasteiger partial charge in [-0.15, -0.1) is 0 Å². The van der Waals surface area contributed by atoms with Crippen LogP contribution in [-0.2, 0) is 13.0 Å². The van der Waals surface area contributed by atoms with Crippen molar-refractivity contribution in [1.82, 2.24) is 5.32 Å². The summed E-state index contributed by atoms with van der Waals surface area (Å²) < 4.78 is 0. The Hall–Kier alpha value is -1.55. The second-order valence-corrected chi connectivity index (χ2v) is 5.54. The standard InChI is InChI=1S/C16H16ClNO2/c17-12-5-6-14(19)11(7-12)9-18-16-13-4-2-1-3-10(13)8-15(16)20/h1-7,15-16,18-20H,8-9H2. The van der Waals surface area contributed by atoms with E-state index < -0.39 is 6.10 Å². The highest BCUT2D eigenvalue weighted by Gasteiger charge is 2.30. The molecule has 0 saturated heterocycles. The summed E-state index contributed by atoms with van der Waals surface area (Å²) in [7, 11) is 0. The molecule has 0 fully saturated rings. The van der Waals surface area contributed by atoms with E-state index in [-0.39, 0.29) is 11.8 Å². The summed E-state index contributed by atoms with van der Waals surface area (Å²) in [5, 5.41) is 23.9. The van der Waals surface area contributed by atoms with Gasteiger partial charge in [0.2, 0.25) is 0 Å². The van der Waals surface area contributed by atoms with E-state index in [9.17, 15) is 10.2 Å². The Kier molecular flexibility index (Phi) is 3.66. The molecule has 3 nitrogen and oxygen atoms in total. The first kappa shape index (κ1) is 13.4. The van der Waals surface area contributed by atoms with Crippen LogP contribution in [0, 0.1) is 0 Å². The van der Waals surface area contributed by atoms with E-state index in [1.807, 2.05) is 24.3 Å². The Morgan fingerprint density at radius 2 is 2.00 bits per heavy atom. The van der Waals surface area contributed by atoms with Crippen molar-refractivity contribution in [3.05, 3.63) is 64.2 Å². The predicted octanol–water partition coefficient (Wildman–Crippen LogP) is 2.79. The van der Waals surface area contributed by atoms with Crippen LogP contribution in [0.3, 0.4) is 0 Å². The minimum atomic E-state index is -0.436. The van der Waals surface area contributed by atoms with E-state index in [2.05, 4.69) is 5.32 Å². The van der Waals surface area contributed by atoms with Crippen LogP contribution in [-0.4, -0.2) is 16.3 Å². The van der Waals surface area contributed by atoms with E-state index in [1.54, 1.807) is 18.2 Å². The first-order chi connectivity index (χ1) is 9.65. The minimum Gasteiger partial charge on any atom is -0.508 e. The van der Waals surface area contributed by atoms with Gasteiger partial charge in [0.05, 0.1) is 12.1 Å². The fraction of sp³-hybridized carbons (Fsp3) is 0.250. The third-order valence-corrected chi connectivity index (χ3v) is 3.99. The third-order valence-electron chi connectivity index (χ3n) is 3.76. The lowest BCUT2D eigenvalue weighted by Crippen LogP contribution is -2.28. The largest absolute Gasteiger partial charge is 0.508 e. The van der Waals surface area contributed by atoms with Crippen molar-refractivity contribution >= 4 is 11.6 Å². The van der Waals surface area contributed by atoms with Crippen molar-refractivity contribution in [2.45, 2.75) is 25.1 Å². The molecular formula is C16H16ClNO2. The number of nitrogens with one attached hydrogen (secondary N) is 1. The van der Waals surface area contributed by atoms with E-state index in [0.717, 1.165) is 11.1 Å². The van der Waals surface area contributed by atoms with E-state index in [1.165, 1.54) is 5.56 Å². The minimum absolute atomic E-state index is 0.107. The maximum atomic E-state index is 10.2. The van der Waals surface area contributed by atoms with Gasteiger partial charge in [-0.05, 0) is 29.3 Å². The van der Waals surface area contributed by atoms with Crippen molar-refractivity contribution in [2.24, 2.45) is 0 Å². The Bertz CT molecular complexity index is 630. The van der Waals surface area contributed by atoms with Gasteiger partial charge in [0, 0.05) is 23.6 Å². The molecule has 1 aliphatic rings. The molecule has 0 radical (unpaired) electrons. The molecule has 2 aromatic carbocycles. The molecule has 2 aromatic rings. The van der Waals surface area contributed by atoms with Crippen molar-refractivity contribution < 1.29 is 10.2 Å². The van der Waals surface area contributed by atoms with Gasteiger partial charge in [0.1, 0.15) is 5.75 Å². The lowest BCUT2D eigenvalue weighted by Gasteiger charge is -2.18. The summed E-state index contributed by atoms with van der Waals surface area (Å²) in [4.78, 5) is 0. The first-order valence-electron chi connectivity index (χ1n) is 6.62. The highest BCUT2D eigenvalue weighted by molar-refractivity contribution is 6.30. The van der Waals surface area contributed by atoms with Crippen LogP contribution in [0.25, 0.3) is 0 Å². The molecule has 0 saturated carbocycles. The topological polar surface area (TPSA) is 52.5 Å². The lowest BCUT2D eigenvalue weighted by atomic mass is 10.1. The molecule has 0 spiro atoms. The number of aromatic hydroxyl groups is 1. The number of rotatable bonds is 3. The number of aliphatic hydroxyl groups excluding tert-OH is 1. The average molecular weight is 290 g/mol. The summed E-state index contributed by atoms with van der Waals surface area (Å²) in [6.45, 7) is 0.461. The number of halogens is 1. The van der Waals surface area contributed by atoms with Crippen LogP contribution in [0.1, 0.15) is 22.7 Å². The number of phenolic OH excluding ortho intramolecular Hbond substituents is 1. The zero-order valence-corrected chi connectivity index (χ0v) is 11.6. The molecule has 2 atom stereocenters. The number of hydrogen-bond donors (Lipinski definition) is 3. The highest BCUT2D eigenvalue weighted by atomic mass is 35.5. The molecule has 2 unspecified atom stereocenters. The monoisotopic (exact) mass is 289 g/mol. The van der Waals surface area contributed by atoms with Gasteiger partial charge >= 0.3 is 0 Å². The maximum absolute atomic E-state index is 10.2. The van der Waals surface area contributed by atoms with Crippen LogP contribution < -0.4 is 5.32 Å². The van der Waals surface area contributed by atoms with Gasteiger partial charge in [-0.25, -0.2) is 0 Å². The molecule has 0 amide bonds. The van der Waals surface area contributed by atoms with Gasteiger partial charge in [0.15, 0.2) is 0 Å². The van der Waals surface area contributed by atoms with E-state index in [4.69, 9.17) is 11.6 Å². The number of aliphatic hydroxyl groups is 1. The molecule has 104 valence electrons. The Balaban J connectivity index is 1.77. The maximum Gasteiger partial charge on any atom is 0.120 e. The molecule has 1 aliphatic carbocycles. The van der Waals surface area contributed by atoms with E-state index >= 15 is 0 Å². The first-order valence-corrected chi connectivity index (χ1v) is 6.99. The van der Waals surface area contributed by atoms with Crippen molar-refractivity contribution in [2.75, 3.05) is 0 Å². The number of phenols is 1. The van der Waals surface area contributed by atoms with Crippen LogP contribution >= 0.6 is 11.6 Å². The molecule has 0 heterocycles. The predicted molar refractivity (Wildman–Crippen MR) is 78.9 cm³/mol. The molecule has 0 aromatic heterocycles.